The molecule has 2 atom stereocenters. The third kappa shape index (κ3) is 2.90. The van der Waals surface area contributed by atoms with Gasteiger partial charge < -0.3 is 18.7 Å². The fourth-order valence-corrected chi connectivity index (χ4v) is 3.23. The van der Waals surface area contributed by atoms with Crippen LogP contribution in [0.2, 0.25) is 0 Å². The number of hydrogen-bond acceptors (Lipinski definition) is 6. The van der Waals surface area contributed by atoms with Gasteiger partial charge in [0.15, 0.2) is 11.9 Å². The Bertz CT molecular complexity index is 913. The Balaban J connectivity index is 1.62. The third-order valence-electron chi connectivity index (χ3n) is 4.35. The molecule has 9 nitrogen and oxygen atoms in total. The number of aryl methyl sites for hydroxylation is 2. The van der Waals surface area contributed by atoms with Crippen LogP contribution in [-0.4, -0.2) is 54.5 Å². The minimum absolute atomic E-state index is 0.0989. The Morgan fingerprint density at radius 1 is 1.27 bits per heavy atom. The van der Waals surface area contributed by atoms with Gasteiger partial charge in [0.2, 0.25) is 0 Å². The second kappa shape index (κ2) is 6.41. The van der Waals surface area contributed by atoms with Crippen molar-refractivity contribution >= 4 is 5.91 Å². The Hall–Kier alpha value is -2.94. The summed E-state index contributed by atoms with van der Waals surface area (Å²) in [5.74, 6) is 1.56. The van der Waals surface area contributed by atoms with E-state index in [4.69, 9.17) is 9.26 Å². The second-order valence-corrected chi connectivity index (χ2v) is 6.42. The quantitative estimate of drug-likeness (QED) is 0.706. The molecule has 3 aromatic heterocycles. The monoisotopic (exact) mass is 356 g/mol. The van der Waals surface area contributed by atoms with E-state index in [0.717, 1.165) is 5.82 Å². The minimum Gasteiger partial charge on any atom is -0.362 e. The molecular weight excluding hydrogens is 336 g/mol. The van der Waals surface area contributed by atoms with Gasteiger partial charge in [0, 0.05) is 26.0 Å². The van der Waals surface area contributed by atoms with Crippen molar-refractivity contribution < 1.29 is 14.1 Å². The van der Waals surface area contributed by atoms with Gasteiger partial charge in [-0.15, -0.1) is 0 Å². The first-order chi connectivity index (χ1) is 12.5. The van der Waals surface area contributed by atoms with Crippen LogP contribution < -0.4 is 0 Å². The molecule has 1 aliphatic heterocycles. The highest BCUT2D eigenvalue weighted by Crippen LogP contribution is 2.26. The molecule has 0 bridgehead atoms. The van der Waals surface area contributed by atoms with Gasteiger partial charge in [0.1, 0.15) is 11.4 Å². The summed E-state index contributed by atoms with van der Waals surface area (Å²) in [4.78, 5) is 19.2. The number of aromatic nitrogens is 5. The van der Waals surface area contributed by atoms with Crippen LogP contribution in [0.1, 0.15) is 35.1 Å². The van der Waals surface area contributed by atoms with Crippen molar-refractivity contribution in [2.75, 3.05) is 13.1 Å². The van der Waals surface area contributed by atoms with Crippen molar-refractivity contribution in [3.63, 3.8) is 0 Å². The van der Waals surface area contributed by atoms with E-state index in [1.54, 1.807) is 22.7 Å². The average Bonchev–Trinajstić information content (AvgIpc) is 3.34. The molecule has 1 amide bonds. The first-order valence-corrected chi connectivity index (χ1v) is 8.43. The van der Waals surface area contributed by atoms with E-state index in [-0.39, 0.29) is 12.0 Å². The molecule has 1 fully saturated rings. The molecule has 0 aromatic carbocycles. The molecule has 0 N–H and O–H groups in total. The average molecular weight is 356 g/mol. The van der Waals surface area contributed by atoms with Crippen LogP contribution in [0.4, 0.5) is 0 Å². The zero-order valence-corrected chi connectivity index (χ0v) is 14.9. The number of rotatable bonds is 3. The van der Waals surface area contributed by atoms with Crippen molar-refractivity contribution in [3.8, 4) is 5.82 Å². The molecule has 136 valence electrons. The lowest BCUT2D eigenvalue weighted by molar-refractivity contribution is -0.0810. The van der Waals surface area contributed by atoms with Crippen LogP contribution in [0.25, 0.3) is 5.82 Å². The van der Waals surface area contributed by atoms with E-state index >= 15 is 0 Å². The first kappa shape index (κ1) is 16.5. The van der Waals surface area contributed by atoms with E-state index in [9.17, 15) is 4.79 Å². The van der Waals surface area contributed by atoms with Gasteiger partial charge in [0.05, 0.1) is 18.8 Å². The number of morpholine rings is 1. The highest BCUT2D eigenvalue weighted by molar-refractivity contribution is 5.97. The number of ether oxygens (including phenoxy) is 1. The highest BCUT2D eigenvalue weighted by atomic mass is 16.5. The van der Waals surface area contributed by atoms with Crippen LogP contribution in [0.5, 0.6) is 0 Å². The lowest BCUT2D eigenvalue weighted by Gasteiger charge is -2.35. The number of nitrogens with zero attached hydrogens (tertiary/aromatic N) is 6. The molecule has 0 aliphatic carbocycles. The van der Waals surface area contributed by atoms with E-state index in [0.29, 0.717) is 30.4 Å². The molecule has 9 heteroatoms. The van der Waals surface area contributed by atoms with Crippen LogP contribution in [-0.2, 0) is 11.8 Å². The molecule has 0 spiro atoms. The molecular formula is C17H20N6O3. The molecule has 3 aromatic rings. The fourth-order valence-electron chi connectivity index (χ4n) is 3.23. The molecule has 1 aliphatic rings. The van der Waals surface area contributed by atoms with E-state index in [2.05, 4.69) is 15.2 Å². The van der Waals surface area contributed by atoms with Crippen molar-refractivity contribution in [2.24, 2.45) is 7.05 Å². The normalized spacial score (nSPS) is 20.5. The molecule has 26 heavy (non-hydrogen) atoms. The van der Waals surface area contributed by atoms with Crippen LogP contribution in [0, 0.1) is 6.92 Å². The fraction of sp³-hybridized carbons (Fsp3) is 0.412. The maximum atomic E-state index is 13.2. The topological polar surface area (TPSA) is 91.2 Å². The van der Waals surface area contributed by atoms with Gasteiger partial charge in [-0.05, 0) is 26.0 Å². The smallest absolute Gasteiger partial charge is 0.259 e. The minimum atomic E-state index is -0.435. The summed E-state index contributed by atoms with van der Waals surface area (Å²) < 4.78 is 14.7. The predicted molar refractivity (Wildman–Crippen MR) is 90.8 cm³/mol. The molecule has 1 saturated heterocycles. The maximum Gasteiger partial charge on any atom is 0.259 e. The van der Waals surface area contributed by atoms with Gasteiger partial charge in [0.25, 0.3) is 11.8 Å². The van der Waals surface area contributed by atoms with Crippen LogP contribution >= 0.6 is 0 Å². The summed E-state index contributed by atoms with van der Waals surface area (Å²) in [5, 5.41) is 8.07. The molecule has 4 rings (SSSR count). The van der Waals surface area contributed by atoms with Gasteiger partial charge in [-0.25, -0.2) is 0 Å². The van der Waals surface area contributed by atoms with E-state index < -0.39 is 6.10 Å². The van der Waals surface area contributed by atoms with Gasteiger partial charge in [-0.3, -0.25) is 9.48 Å². The van der Waals surface area contributed by atoms with E-state index in [1.807, 2.05) is 43.1 Å². The maximum absolute atomic E-state index is 13.2. The standard InChI is InChI=1S/C17H20N6O3/c1-11-9-23(10-14(25-11)15-19-12(2)20-26-15)17(24)13-8-18-21(3)16(13)22-6-4-5-7-22/h4-8,11,14H,9-10H2,1-3H3/t11-,14-/m1/s1. The van der Waals surface area contributed by atoms with Crippen LogP contribution in [0.15, 0.2) is 35.2 Å². The summed E-state index contributed by atoms with van der Waals surface area (Å²) >= 11 is 0. The molecule has 0 radical (unpaired) electrons. The molecule has 4 heterocycles. The van der Waals surface area contributed by atoms with Crippen molar-refractivity contribution in [3.05, 3.63) is 48.0 Å². The zero-order valence-electron chi connectivity index (χ0n) is 14.9. The van der Waals surface area contributed by atoms with Crippen molar-refractivity contribution in [1.82, 2.24) is 29.4 Å². The second-order valence-electron chi connectivity index (χ2n) is 6.42. The Labute approximate surface area is 150 Å². The Kier molecular flexibility index (Phi) is 4.08. The number of carbonyl (C=O) groups excluding carboxylic acids is 1. The van der Waals surface area contributed by atoms with Crippen molar-refractivity contribution in [1.29, 1.82) is 0 Å². The van der Waals surface area contributed by atoms with Crippen LogP contribution in [0.3, 0.4) is 0 Å². The Morgan fingerprint density at radius 3 is 2.73 bits per heavy atom. The third-order valence-corrected chi connectivity index (χ3v) is 4.35. The SMILES string of the molecule is Cc1noc([C@H]2CN(C(=O)c3cnn(C)c3-n3cccc3)C[C@@H](C)O2)n1. The molecule has 0 saturated carbocycles. The largest absolute Gasteiger partial charge is 0.362 e. The van der Waals surface area contributed by atoms with Gasteiger partial charge in [-0.1, -0.05) is 5.16 Å². The van der Waals surface area contributed by atoms with Crippen molar-refractivity contribution in [2.45, 2.75) is 26.1 Å². The van der Waals surface area contributed by atoms with E-state index in [1.165, 1.54) is 0 Å². The lowest BCUT2D eigenvalue weighted by Crippen LogP contribution is -2.46. The van der Waals surface area contributed by atoms with Gasteiger partial charge in [-0.2, -0.15) is 10.1 Å². The Morgan fingerprint density at radius 2 is 2.04 bits per heavy atom. The predicted octanol–water partition coefficient (Wildman–Crippen LogP) is 1.50. The number of amides is 1. The number of carbonyl (C=O) groups is 1. The zero-order chi connectivity index (χ0) is 18.3. The first-order valence-electron chi connectivity index (χ1n) is 8.43. The number of hydrogen-bond donors (Lipinski definition) is 0. The summed E-state index contributed by atoms with van der Waals surface area (Å²) in [6.45, 7) is 4.51. The summed E-state index contributed by atoms with van der Waals surface area (Å²) in [6.07, 6.45) is 4.80. The lowest BCUT2D eigenvalue weighted by atomic mass is 10.1. The molecule has 0 unspecified atom stereocenters. The summed E-state index contributed by atoms with van der Waals surface area (Å²) in [5.41, 5.74) is 0.540. The summed E-state index contributed by atoms with van der Waals surface area (Å²) in [6, 6.07) is 3.82. The van der Waals surface area contributed by atoms with Gasteiger partial charge >= 0.3 is 0 Å². The highest BCUT2D eigenvalue weighted by Gasteiger charge is 2.34. The summed E-state index contributed by atoms with van der Waals surface area (Å²) in [7, 11) is 1.82.